The van der Waals surface area contributed by atoms with E-state index < -0.39 is 0 Å². The van der Waals surface area contributed by atoms with Gasteiger partial charge in [0.05, 0.1) is 11.8 Å². The summed E-state index contributed by atoms with van der Waals surface area (Å²) >= 11 is 0. The number of benzene rings is 1. The number of hydrogen-bond acceptors (Lipinski definition) is 3. The number of pyridine rings is 1. The van der Waals surface area contributed by atoms with Crippen LogP contribution in [0.3, 0.4) is 0 Å². The Morgan fingerprint density at radius 3 is 2.60 bits per heavy atom. The summed E-state index contributed by atoms with van der Waals surface area (Å²) in [5.74, 6) is 0.454. The van der Waals surface area contributed by atoms with E-state index in [4.69, 9.17) is 9.72 Å². The van der Waals surface area contributed by atoms with Crippen molar-refractivity contribution in [3.05, 3.63) is 41.7 Å². The standard InChI is InChI=1S/C17H22N2O/c1-12(2)17-16-7-5-4-6-15(16)13(8-18-17)9-19-10-14(11-19)20-3/h4-8,12,14H,9-11H2,1-3H3. The largest absolute Gasteiger partial charge is 0.379 e. The van der Waals surface area contributed by atoms with E-state index in [9.17, 15) is 0 Å². The fourth-order valence-corrected chi connectivity index (χ4v) is 2.90. The average Bonchev–Trinajstić information content (AvgIpc) is 2.41. The van der Waals surface area contributed by atoms with Crippen molar-refractivity contribution in [2.45, 2.75) is 32.4 Å². The molecule has 0 saturated carbocycles. The van der Waals surface area contributed by atoms with E-state index in [0.29, 0.717) is 12.0 Å². The number of nitrogens with zero attached hydrogens (tertiary/aromatic N) is 2. The Kier molecular flexibility index (Phi) is 3.72. The third kappa shape index (κ3) is 2.43. The maximum atomic E-state index is 5.33. The van der Waals surface area contributed by atoms with E-state index >= 15 is 0 Å². The summed E-state index contributed by atoms with van der Waals surface area (Å²) in [4.78, 5) is 7.11. The molecule has 1 aliphatic rings. The zero-order valence-corrected chi connectivity index (χ0v) is 12.5. The summed E-state index contributed by atoms with van der Waals surface area (Å²) in [6, 6.07) is 8.62. The van der Waals surface area contributed by atoms with Crippen molar-refractivity contribution in [2.75, 3.05) is 20.2 Å². The number of methoxy groups -OCH3 is 1. The van der Waals surface area contributed by atoms with Crippen LogP contribution in [0, 0.1) is 0 Å². The van der Waals surface area contributed by atoms with Crippen LogP contribution in [0.5, 0.6) is 0 Å². The van der Waals surface area contributed by atoms with Gasteiger partial charge in [-0.1, -0.05) is 38.1 Å². The predicted octanol–water partition coefficient (Wildman–Crippen LogP) is 3.19. The molecule has 1 aromatic heterocycles. The first-order chi connectivity index (χ1) is 9.69. The second-order valence-electron chi connectivity index (χ2n) is 5.92. The molecule has 2 aromatic rings. The second-order valence-corrected chi connectivity index (χ2v) is 5.92. The summed E-state index contributed by atoms with van der Waals surface area (Å²) in [5.41, 5.74) is 2.52. The Hall–Kier alpha value is -1.45. The van der Waals surface area contributed by atoms with Crippen molar-refractivity contribution >= 4 is 10.8 Å². The quantitative estimate of drug-likeness (QED) is 0.853. The third-order valence-electron chi connectivity index (χ3n) is 4.11. The average molecular weight is 270 g/mol. The van der Waals surface area contributed by atoms with Gasteiger partial charge >= 0.3 is 0 Å². The van der Waals surface area contributed by atoms with E-state index in [1.165, 1.54) is 22.0 Å². The highest BCUT2D eigenvalue weighted by Gasteiger charge is 2.26. The first kappa shape index (κ1) is 13.5. The van der Waals surface area contributed by atoms with E-state index in [-0.39, 0.29) is 0 Å². The van der Waals surface area contributed by atoms with Crippen LogP contribution >= 0.6 is 0 Å². The number of hydrogen-bond donors (Lipinski definition) is 0. The van der Waals surface area contributed by atoms with Gasteiger partial charge in [0.25, 0.3) is 0 Å². The van der Waals surface area contributed by atoms with Gasteiger partial charge in [-0.05, 0) is 16.9 Å². The Labute approximate surface area is 120 Å². The lowest BCUT2D eigenvalue weighted by atomic mass is 9.98. The van der Waals surface area contributed by atoms with Crippen molar-refractivity contribution in [1.29, 1.82) is 0 Å². The molecule has 0 spiro atoms. The Balaban J connectivity index is 1.90. The Bertz CT molecular complexity index is 603. The van der Waals surface area contributed by atoms with Crippen molar-refractivity contribution in [2.24, 2.45) is 0 Å². The minimum absolute atomic E-state index is 0.407. The van der Waals surface area contributed by atoms with Crippen molar-refractivity contribution in [3.63, 3.8) is 0 Å². The lowest BCUT2D eigenvalue weighted by molar-refractivity contribution is -0.0332. The minimum Gasteiger partial charge on any atom is -0.379 e. The van der Waals surface area contributed by atoms with Crippen molar-refractivity contribution in [3.8, 4) is 0 Å². The molecular weight excluding hydrogens is 248 g/mol. The van der Waals surface area contributed by atoms with Crippen LogP contribution in [0.1, 0.15) is 31.0 Å². The first-order valence-corrected chi connectivity index (χ1v) is 7.30. The molecule has 0 unspecified atom stereocenters. The van der Waals surface area contributed by atoms with Crippen molar-refractivity contribution in [1.82, 2.24) is 9.88 Å². The van der Waals surface area contributed by atoms with Crippen LogP contribution < -0.4 is 0 Å². The molecule has 106 valence electrons. The fourth-order valence-electron chi connectivity index (χ4n) is 2.90. The highest BCUT2D eigenvalue weighted by Crippen LogP contribution is 2.27. The molecule has 1 aliphatic heterocycles. The Morgan fingerprint density at radius 2 is 1.95 bits per heavy atom. The number of fused-ring (bicyclic) bond motifs is 1. The van der Waals surface area contributed by atoms with Crippen LogP contribution in [0.25, 0.3) is 10.8 Å². The highest BCUT2D eigenvalue weighted by molar-refractivity contribution is 5.87. The molecule has 0 bridgehead atoms. The van der Waals surface area contributed by atoms with E-state index in [1.54, 1.807) is 7.11 Å². The molecule has 0 atom stereocenters. The van der Waals surface area contributed by atoms with E-state index in [2.05, 4.69) is 49.2 Å². The molecule has 0 N–H and O–H groups in total. The second kappa shape index (κ2) is 5.51. The molecular formula is C17H22N2O. The van der Waals surface area contributed by atoms with Gasteiger partial charge in [0.15, 0.2) is 0 Å². The van der Waals surface area contributed by atoms with Crippen LogP contribution in [-0.4, -0.2) is 36.2 Å². The van der Waals surface area contributed by atoms with Crippen LogP contribution in [-0.2, 0) is 11.3 Å². The summed E-state index contributed by atoms with van der Waals surface area (Å²) in [7, 11) is 1.79. The number of likely N-dealkylation sites (tertiary alicyclic amines) is 1. The first-order valence-electron chi connectivity index (χ1n) is 7.30. The van der Waals surface area contributed by atoms with Gasteiger partial charge in [0.2, 0.25) is 0 Å². The summed E-state index contributed by atoms with van der Waals surface area (Å²) in [6.45, 7) is 7.42. The monoisotopic (exact) mass is 270 g/mol. The molecule has 1 fully saturated rings. The minimum atomic E-state index is 0.407. The van der Waals surface area contributed by atoms with Crippen LogP contribution in [0.4, 0.5) is 0 Å². The molecule has 3 nitrogen and oxygen atoms in total. The zero-order chi connectivity index (χ0) is 14.1. The molecule has 2 heterocycles. The topological polar surface area (TPSA) is 25.4 Å². The maximum absolute atomic E-state index is 5.33. The van der Waals surface area contributed by atoms with E-state index in [0.717, 1.165) is 19.6 Å². The van der Waals surface area contributed by atoms with Crippen molar-refractivity contribution < 1.29 is 4.74 Å². The van der Waals surface area contributed by atoms with Gasteiger partial charge in [-0.2, -0.15) is 0 Å². The smallest absolute Gasteiger partial charge is 0.0825 e. The van der Waals surface area contributed by atoms with Gasteiger partial charge in [-0.25, -0.2) is 0 Å². The summed E-state index contributed by atoms with van der Waals surface area (Å²) < 4.78 is 5.33. The third-order valence-corrected chi connectivity index (χ3v) is 4.11. The molecule has 1 saturated heterocycles. The molecule has 0 aliphatic carbocycles. The maximum Gasteiger partial charge on any atom is 0.0825 e. The van der Waals surface area contributed by atoms with E-state index in [1.807, 2.05) is 0 Å². The normalized spacial score (nSPS) is 16.8. The molecule has 0 radical (unpaired) electrons. The number of aromatic nitrogens is 1. The SMILES string of the molecule is COC1CN(Cc2cnc(C(C)C)c3ccccc23)C1. The number of rotatable bonds is 4. The fraction of sp³-hybridized carbons (Fsp3) is 0.471. The van der Waals surface area contributed by atoms with Gasteiger partial charge < -0.3 is 4.74 Å². The molecule has 3 heteroatoms. The Morgan fingerprint density at radius 1 is 1.25 bits per heavy atom. The van der Waals surface area contributed by atoms with Gasteiger partial charge in [0, 0.05) is 38.3 Å². The summed E-state index contributed by atoms with van der Waals surface area (Å²) in [5, 5.41) is 2.64. The molecule has 20 heavy (non-hydrogen) atoms. The summed E-state index contributed by atoms with van der Waals surface area (Å²) in [6.07, 6.45) is 2.46. The zero-order valence-electron chi connectivity index (χ0n) is 12.5. The van der Waals surface area contributed by atoms with Crippen LogP contribution in [0.2, 0.25) is 0 Å². The highest BCUT2D eigenvalue weighted by atomic mass is 16.5. The van der Waals surface area contributed by atoms with Gasteiger partial charge in [0.1, 0.15) is 0 Å². The molecule has 3 rings (SSSR count). The van der Waals surface area contributed by atoms with Crippen LogP contribution in [0.15, 0.2) is 30.5 Å². The van der Waals surface area contributed by atoms with Gasteiger partial charge in [-0.15, -0.1) is 0 Å². The predicted molar refractivity (Wildman–Crippen MR) is 81.9 cm³/mol. The molecule has 1 aromatic carbocycles. The lowest BCUT2D eigenvalue weighted by Crippen LogP contribution is -2.50. The lowest BCUT2D eigenvalue weighted by Gasteiger charge is -2.38. The molecule has 0 amide bonds. The van der Waals surface area contributed by atoms with Gasteiger partial charge in [-0.3, -0.25) is 9.88 Å². The number of ether oxygens (including phenoxy) is 1.